The van der Waals surface area contributed by atoms with Crippen molar-refractivity contribution in [3.8, 4) is 0 Å². The molecular weight excluding hydrogens is 322 g/mol. The average Bonchev–Trinajstić information content (AvgIpc) is 2.96. The van der Waals surface area contributed by atoms with Crippen LogP contribution < -0.4 is 5.32 Å². The highest BCUT2D eigenvalue weighted by Gasteiger charge is 2.21. The summed E-state index contributed by atoms with van der Waals surface area (Å²) in [6.07, 6.45) is 2.09. The van der Waals surface area contributed by atoms with E-state index in [2.05, 4.69) is 22.1 Å². The minimum Gasteiger partial charge on any atom is -0.298 e. The summed E-state index contributed by atoms with van der Waals surface area (Å²) in [4.78, 5) is 31.9. The zero-order chi connectivity index (χ0) is 17.1. The van der Waals surface area contributed by atoms with Crippen molar-refractivity contribution in [3.05, 3.63) is 46.0 Å². The Balaban J connectivity index is 1.68. The summed E-state index contributed by atoms with van der Waals surface area (Å²) >= 11 is 1.56. The average molecular weight is 343 g/mol. The molecule has 126 valence electrons. The molecule has 2 heterocycles. The van der Waals surface area contributed by atoms with Crippen LogP contribution in [0.15, 0.2) is 24.3 Å². The lowest BCUT2D eigenvalue weighted by atomic mass is 10.1. The van der Waals surface area contributed by atoms with E-state index in [0.29, 0.717) is 16.3 Å². The number of benzene rings is 1. The molecule has 6 heteroatoms. The lowest BCUT2D eigenvalue weighted by Crippen LogP contribution is -2.30. The molecule has 2 aromatic rings. The number of carbonyl (C=O) groups excluding carboxylic acids is 2. The Labute approximate surface area is 145 Å². The molecule has 0 unspecified atom stereocenters. The molecule has 1 amide bonds. The van der Waals surface area contributed by atoms with Crippen LogP contribution in [0.3, 0.4) is 0 Å². The number of ketones is 1. The van der Waals surface area contributed by atoms with E-state index in [1.165, 1.54) is 11.8 Å². The van der Waals surface area contributed by atoms with Gasteiger partial charge in [-0.1, -0.05) is 19.1 Å². The third-order valence-electron chi connectivity index (χ3n) is 4.12. The lowest BCUT2D eigenvalue weighted by Gasteiger charge is -2.24. The summed E-state index contributed by atoms with van der Waals surface area (Å²) < 4.78 is 0. The monoisotopic (exact) mass is 343 g/mol. The van der Waals surface area contributed by atoms with E-state index in [1.807, 2.05) is 0 Å². The Hall–Kier alpha value is -2.05. The first-order chi connectivity index (χ1) is 11.6. The van der Waals surface area contributed by atoms with Crippen molar-refractivity contribution in [2.24, 2.45) is 0 Å². The maximum absolute atomic E-state index is 12.3. The zero-order valence-corrected chi connectivity index (χ0v) is 14.8. The largest absolute Gasteiger partial charge is 0.298 e. The molecule has 1 aliphatic rings. The van der Waals surface area contributed by atoms with Gasteiger partial charge >= 0.3 is 0 Å². The Kier molecular flexibility index (Phi) is 5.06. The van der Waals surface area contributed by atoms with Gasteiger partial charge in [0.1, 0.15) is 0 Å². The van der Waals surface area contributed by atoms with Gasteiger partial charge in [-0.15, -0.1) is 11.3 Å². The normalized spacial score (nSPS) is 14.2. The molecular formula is C18H21N3O2S. The van der Waals surface area contributed by atoms with E-state index < -0.39 is 0 Å². The molecule has 0 fully saturated rings. The number of amides is 1. The molecule has 0 radical (unpaired) electrons. The van der Waals surface area contributed by atoms with Crippen LogP contribution in [0.25, 0.3) is 0 Å². The second-order valence-electron chi connectivity index (χ2n) is 6.00. The van der Waals surface area contributed by atoms with Gasteiger partial charge < -0.3 is 0 Å². The first-order valence-electron chi connectivity index (χ1n) is 8.20. The van der Waals surface area contributed by atoms with Crippen molar-refractivity contribution >= 4 is 28.2 Å². The molecule has 0 bridgehead atoms. The molecule has 0 atom stereocenters. The van der Waals surface area contributed by atoms with Crippen molar-refractivity contribution in [1.82, 2.24) is 9.88 Å². The molecule has 0 saturated heterocycles. The molecule has 3 rings (SSSR count). The van der Waals surface area contributed by atoms with Crippen LogP contribution in [-0.2, 0) is 13.0 Å². The van der Waals surface area contributed by atoms with Gasteiger partial charge in [-0.05, 0) is 32.0 Å². The summed E-state index contributed by atoms with van der Waals surface area (Å²) in [5.41, 5.74) is 2.24. The minimum absolute atomic E-state index is 0.00816. The summed E-state index contributed by atoms with van der Waals surface area (Å²) in [7, 11) is 0. The van der Waals surface area contributed by atoms with E-state index in [-0.39, 0.29) is 11.7 Å². The second kappa shape index (κ2) is 7.23. The molecule has 5 nitrogen and oxygen atoms in total. The maximum Gasteiger partial charge on any atom is 0.257 e. The number of hydrogen-bond donors (Lipinski definition) is 1. The standard InChI is InChI=1S/C18H21N3O2S/c1-3-9-21-10-8-15-16(11-21)24-18(19-15)20-17(23)14-6-4-13(5-7-14)12(2)22/h4-7H,3,8-11H2,1-2H3,(H,19,20,23). The molecule has 1 aromatic carbocycles. The fourth-order valence-corrected chi connectivity index (χ4v) is 3.88. The molecule has 1 N–H and O–H groups in total. The number of rotatable bonds is 5. The number of fused-ring (bicyclic) bond motifs is 1. The highest BCUT2D eigenvalue weighted by atomic mass is 32.1. The molecule has 1 aromatic heterocycles. The van der Waals surface area contributed by atoms with E-state index >= 15 is 0 Å². The fourth-order valence-electron chi connectivity index (χ4n) is 2.83. The van der Waals surface area contributed by atoms with Gasteiger partial charge in [0, 0.05) is 35.5 Å². The van der Waals surface area contributed by atoms with E-state index in [9.17, 15) is 9.59 Å². The van der Waals surface area contributed by atoms with Gasteiger partial charge in [0.2, 0.25) is 0 Å². The van der Waals surface area contributed by atoms with E-state index in [0.717, 1.165) is 38.2 Å². The van der Waals surface area contributed by atoms with Crippen LogP contribution in [0.4, 0.5) is 5.13 Å². The van der Waals surface area contributed by atoms with Crippen molar-refractivity contribution in [2.75, 3.05) is 18.4 Å². The zero-order valence-electron chi connectivity index (χ0n) is 14.0. The first-order valence-corrected chi connectivity index (χ1v) is 9.01. The van der Waals surface area contributed by atoms with Crippen molar-refractivity contribution < 1.29 is 9.59 Å². The summed E-state index contributed by atoms with van der Waals surface area (Å²) in [6.45, 7) is 6.75. The number of nitrogens with one attached hydrogen (secondary N) is 1. The van der Waals surface area contributed by atoms with Gasteiger partial charge in [0.15, 0.2) is 10.9 Å². The quantitative estimate of drug-likeness (QED) is 0.846. The fraction of sp³-hybridized carbons (Fsp3) is 0.389. The highest BCUT2D eigenvalue weighted by molar-refractivity contribution is 7.15. The molecule has 0 saturated carbocycles. The Morgan fingerprint density at radius 3 is 2.62 bits per heavy atom. The number of thiazole rings is 1. The van der Waals surface area contributed by atoms with Crippen LogP contribution >= 0.6 is 11.3 Å². The number of anilines is 1. The molecule has 24 heavy (non-hydrogen) atoms. The summed E-state index contributed by atoms with van der Waals surface area (Å²) in [6, 6.07) is 6.69. The van der Waals surface area contributed by atoms with Crippen molar-refractivity contribution in [2.45, 2.75) is 33.2 Å². The van der Waals surface area contributed by atoms with Gasteiger partial charge in [-0.25, -0.2) is 4.98 Å². The molecule has 0 spiro atoms. The van der Waals surface area contributed by atoms with Crippen LogP contribution in [0.2, 0.25) is 0 Å². The topological polar surface area (TPSA) is 62.3 Å². The van der Waals surface area contributed by atoms with Gasteiger partial charge in [-0.3, -0.25) is 19.8 Å². The second-order valence-corrected chi connectivity index (χ2v) is 7.09. The van der Waals surface area contributed by atoms with Crippen LogP contribution in [0.1, 0.15) is 51.6 Å². The minimum atomic E-state index is -0.193. The number of Topliss-reactive ketones (excluding diaryl/α,β-unsaturated/α-hetero) is 1. The van der Waals surface area contributed by atoms with E-state index in [1.54, 1.807) is 35.6 Å². The van der Waals surface area contributed by atoms with Gasteiger partial charge in [-0.2, -0.15) is 0 Å². The predicted molar refractivity (Wildman–Crippen MR) is 95.8 cm³/mol. The number of aromatic nitrogens is 1. The maximum atomic E-state index is 12.3. The Morgan fingerprint density at radius 2 is 1.96 bits per heavy atom. The van der Waals surface area contributed by atoms with Gasteiger partial charge in [0.05, 0.1) is 5.69 Å². The smallest absolute Gasteiger partial charge is 0.257 e. The molecule has 1 aliphatic heterocycles. The summed E-state index contributed by atoms with van der Waals surface area (Å²) in [5, 5.41) is 3.53. The van der Waals surface area contributed by atoms with Crippen LogP contribution in [0, 0.1) is 0 Å². The predicted octanol–water partition coefficient (Wildman–Crippen LogP) is 3.37. The third kappa shape index (κ3) is 3.71. The first kappa shape index (κ1) is 16.8. The third-order valence-corrected chi connectivity index (χ3v) is 5.12. The number of carbonyl (C=O) groups is 2. The SMILES string of the molecule is CCCN1CCc2nc(NC(=O)c3ccc(C(C)=O)cc3)sc2C1. The van der Waals surface area contributed by atoms with E-state index in [4.69, 9.17) is 0 Å². The highest BCUT2D eigenvalue weighted by Crippen LogP contribution is 2.28. The van der Waals surface area contributed by atoms with Crippen LogP contribution in [0.5, 0.6) is 0 Å². The summed E-state index contributed by atoms with van der Waals surface area (Å²) in [5.74, 6) is -0.201. The van der Waals surface area contributed by atoms with Crippen molar-refractivity contribution in [1.29, 1.82) is 0 Å². The molecule has 0 aliphatic carbocycles. The number of nitrogens with zero attached hydrogens (tertiary/aromatic N) is 2. The number of hydrogen-bond acceptors (Lipinski definition) is 5. The van der Waals surface area contributed by atoms with Crippen molar-refractivity contribution in [3.63, 3.8) is 0 Å². The van der Waals surface area contributed by atoms with Gasteiger partial charge in [0.25, 0.3) is 5.91 Å². The Morgan fingerprint density at radius 1 is 1.25 bits per heavy atom. The Bertz CT molecular complexity index is 752. The lowest BCUT2D eigenvalue weighted by molar-refractivity contribution is 0.100. The van der Waals surface area contributed by atoms with Crippen LogP contribution in [-0.4, -0.2) is 34.7 Å².